The minimum Gasteiger partial charge on any atom is -0.459 e. The average molecular weight is 450 g/mol. The van der Waals surface area contributed by atoms with E-state index in [1.165, 1.54) is 0 Å². The minimum absolute atomic E-state index is 0.0113. The molecule has 1 aliphatic heterocycles. The molecule has 0 radical (unpaired) electrons. The molecule has 0 aliphatic carbocycles. The summed E-state index contributed by atoms with van der Waals surface area (Å²) >= 11 is 0. The van der Waals surface area contributed by atoms with Crippen molar-refractivity contribution in [3.05, 3.63) is 77.3 Å². The number of allylic oxidation sites excluding steroid dienone is 1. The molecule has 1 aromatic heterocycles. The largest absolute Gasteiger partial charge is 0.459 e. The Bertz CT molecular complexity index is 1100. The molecule has 1 aliphatic rings. The van der Waals surface area contributed by atoms with Crippen molar-refractivity contribution in [2.45, 2.75) is 53.2 Å². The van der Waals surface area contributed by atoms with Gasteiger partial charge in [0, 0.05) is 6.42 Å². The normalized spacial score (nSPS) is 18.6. The lowest BCUT2D eigenvalue weighted by atomic mass is 9.77. The molecule has 0 saturated heterocycles. The minimum atomic E-state index is -0.524. The first kappa shape index (κ1) is 23.0. The molecule has 1 amide bonds. The third kappa shape index (κ3) is 5.80. The van der Waals surface area contributed by atoms with Crippen LogP contribution in [-0.2, 0) is 34.0 Å². The van der Waals surface area contributed by atoms with Crippen LogP contribution in [0.3, 0.4) is 0 Å². The molecule has 0 unspecified atom stereocenters. The second kappa shape index (κ2) is 9.77. The van der Waals surface area contributed by atoms with E-state index in [0.717, 1.165) is 22.2 Å². The Morgan fingerprint density at radius 1 is 1.18 bits per heavy atom. The topological polar surface area (TPSA) is 96.5 Å². The van der Waals surface area contributed by atoms with Crippen LogP contribution in [0.1, 0.15) is 44.1 Å². The van der Waals surface area contributed by atoms with Gasteiger partial charge in [-0.2, -0.15) is 0 Å². The van der Waals surface area contributed by atoms with Crippen LogP contribution in [-0.4, -0.2) is 27.3 Å². The van der Waals surface area contributed by atoms with Gasteiger partial charge in [-0.25, -0.2) is 4.98 Å². The average Bonchev–Trinajstić information content (AvgIpc) is 3.24. The number of imidazole rings is 1. The van der Waals surface area contributed by atoms with Crippen LogP contribution in [0.5, 0.6) is 0 Å². The number of amides is 1. The number of aromatic amines is 1. The van der Waals surface area contributed by atoms with Crippen molar-refractivity contribution in [3.8, 4) is 0 Å². The first-order chi connectivity index (χ1) is 15.8. The van der Waals surface area contributed by atoms with Gasteiger partial charge in [-0.3, -0.25) is 4.79 Å². The number of para-hydroxylation sites is 2. The van der Waals surface area contributed by atoms with Crippen molar-refractivity contribution < 1.29 is 19.4 Å². The van der Waals surface area contributed by atoms with Crippen molar-refractivity contribution in [3.63, 3.8) is 0 Å². The monoisotopic (exact) mass is 449 g/mol. The molecule has 174 valence electrons. The number of hydrogen-bond donors (Lipinski definition) is 3. The molecule has 0 spiro atoms. The number of nitrogens with zero attached hydrogens (tertiary/aromatic N) is 1. The summed E-state index contributed by atoms with van der Waals surface area (Å²) in [4.78, 5) is 20.6. The Hall–Kier alpha value is -3.16. The molecular formula is C26H31N3O4. The summed E-state index contributed by atoms with van der Waals surface area (Å²) in [5, 5.41) is 12.1. The Morgan fingerprint density at radius 3 is 2.61 bits per heavy atom. The van der Waals surface area contributed by atoms with Gasteiger partial charge in [0.2, 0.25) is 6.29 Å². The number of aromatic nitrogens is 2. The van der Waals surface area contributed by atoms with E-state index in [1.54, 1.807) is 0 Å². The number of hydrogen-bond acceptors (Lipinski definition) is 5. The zero-order valence-corrected chi connectivity index (χ0v) is 19.3. The van der Waals surface area contributed by atoms with Crippen LogP contribution in [0.2, 0.25) is 0 Å². The van der Waals surface area contributed by atoms with E-state index in [9.17, 15) is 9.90 Å². The molecule has 7 nitrogen and oxygen atoms in total. The lowest BCUT2D eigenvalue weighted by Gasteiger charge is -2.35. The second-order valence-electron chi connectivity index (χ2n) is 9.46. The fourth-order valence-corrected chi connectivity index (χ4v) is 3.79. The highest BCUT2D eigenvalue weighted by molar-refractivity contribution is 5.91. The van der Waals surface area contributed by atoms with Gasteiger partial charge in [-0.05, 0) is 40.7 Å². The lowest BCUT2D eigenvalue weighted by Crippen LogP contribution is -2.36. The Balaban J connectivity index is 1.40. The van der Waals surface area contributed by atoms with Crippen molar-refractivity contribution in [1.82, 2.24) is 15.3 Å². The number of rotatable bonds is 7. The number of aliphatic hydroxyl groups is 1. The molecule has 2 heterocycles. The number of aliphatic hydroxyl groups excluding tert-OH is 1. The Kier molecular flexibility index (Phi) is 6.81. The van der Waals surface area contributed by atoms with Gasteiger partial charge >= 0.3 is 0 Å². The predicted octanol–water partition coefficient (Wildman–Crippen LogP) is 4.18. The SMILES string of the molecule is CC(C)(C)[C@H]1C=C(C(=O)NCc2nc3ccccc3[nH]2)O[C@@H](OCc2ccc(CO)cc2)C1. The molecule has 3 aromatic rings. The molecule has 33 heavy (non-hydrogen) atoms. The number of benzene rings is 2. The maximum absolute atomic E-state index is 12.9. The Labute approximate surface area is 193 Å². The van der Waals surface area contributed by atoms with Crippen molar-refractivity contribution in [2.24, 2.45) is 11.3 Å². The van der Waals surface area contributed by atoms with Gasteiger partial charge in [-0.1, -0.05) is 57.2 Å². The van der Waals surface area contributed by atoms with Gasteiger partial charge < -0.3 is 24.9 Å². The van der Waals surface area contributed by atoms with Crippen LogP contribution in [0.4, 0.5) is 0 Å². The first-order valence-electron chi connectivity index (χ1n) is 11.2. The van der Waals surface area contributed by atoms with Crippen molar-refractivity contribution in [1.29, 1.82) is 0 Å². The molecule has 2 aromatic carbocycles. The fourth-order valence-electron chi connectivity index (χ4n) is 3.79. The van der Waals surface area contributed by atoms with Gasteiger partial charge in [0.15, 0.2) is 5.76 Å². The Morgan fingerprint density at radius 2 is 1.91 bits per heavy atom. The molecule has 2 atom stereocenters. The van der Waals surface area contributed by atoms with E-state index in [2.05, 4.69) is 36.1 Å². The maximum Gasteiger partial charge on any atom is 0.286 e. The third-order valence-electron chi connectivity index (χ3n) is 5.89. The highest BCUT2D eigenvalue weighted by Gasteiger charge is 2.34. The zero-order chi connectivity index (χ0) is 23.4. The van der Waals surface area contributed by atoms with Gasteiger partial charge in [0.1, 0.15) is 5.82 Å². The van der Waals surface area contributed by atoms with Gasteiger partial charge in [-0.15, -0.1) is 0 Å². The number of fused-ring (bicyclic) bond motifs is 1. The third-order valence-corrected chi connectivity index (χ3v) is 5.89. The number of nitrogens with one attached hydrogen (secondary N) is 2. The lowest BCUT2D eigenvalue weighted by molar-refractivity contribution is -0.157. The van der Waals surface area contributed by atoms with E-state index in [0.29, 0.717) is 18.9 Å². The summed E-state index contributed by atoms with van der Waals surface area (Å²) in [6, 6.07) is 15.3. The zero-order valence-electron chi connectivity index (χ0n) is 19.3. The van der Waals surface area contributed by atoms with Gasteiger partial charge in [0.05, 0.1) is 30.8 Å². The van der Waals surface area contributed by atoms with E-state index in [1.807, 2.05) is 54.6 Å². The van der Waals surface area contributed by atoms with E-state index < -0.39 is 6.29 Å². The second-order valence-corrected chi connectivity index (χ2v) is 9.46. The summed E-state index contributed by atoms with van der Waals surface area (Å²) in [5.74, 6) is 0.802. The van der Waals surface area contributed by atoms with Crippen LogP contribution in [0.25, 0.3) is 11.0 Å². The van der Waals surface area contributed by atoms with Crippen LogP contribution < -0.4 is 5.32 Å². The molecule has 0 bridgehead atoms. The van der Waals surface area contributed by atoms with Crippen molar-refractivity contribution in [2.75, 3.05) is 0 Å². The molecule has 0 fully saturated rings. The number of carbonyl (C=O) groups excluding carboxylic acids is 1. The predicted molar refractivity (Wildman–Crippen MR) is 126 cm³/mol. The molecule has 4 rings (SSSR count). The summed E-state index contributed by atoms with van der Waals surface area (Å²) in [5.41, 5.74) is 3.59. The molecule has 3 N–H and O–H groups in total. The molecule has 7 heteroatoms. The van der Waals surface area contributed by atoms with Crippen molar-refractivity contribution >= 4 is 16.9 Å². The maximum atomic E-state index is 12.9. The van der Waals surface area contributed by atoms with Gasteiger partial charge in [0.25, 0.3) is 5.91 Å². The van der Waals surface area contributed by atoms with Crippen LogP contribution >= 0.6 is 0 Å². The van der Waals surface area contributed by atoms with E-state index in [-0.39, 0.29) is 36.2 Å². The standard InChI is InChI=1S/C26H31N3O4/c1-26(2,3)19-12-22(25(31)27-14-23-28-20-6-4-5-7-21(20)29-23)33-24(13-19)32-16-18-10-8-17(15-30)9-11-18/h4-12,19,24,30H,13-16H2,1-3H3,(H,27,31)(H,28,29)/t19-,24+/m0/s1. The quantitative estimate of drug-likeness (QED) is 0.503. The summed E-state index contributed by atoms with van der Waals surface area (Å²) in [6.07, 6.45) is 2.05. The van der Waals surface area contributed by atoms with E-state index in [4.69, 9.17) is 9.47 Å². The molecular weight excluding hydrogens is 418 g/mol. The fraction of sp³-hybridized carbons (Fsp3) is 0.385. The first-order valence-corrected chi connectivity index (χ1v) is 11.2. The smallest absolute Gasteiger partial charge is 0.286 e. The van der Waals surface area contributed by atoms with Crippen LogP contribution in [0.15, 0.2) is 60.4 Å². The highest BCUT2D eigenvalue weighted by atomic mass is 16.7. The van der Waals surface area contributed by atoms with E-state index >= 15 is 0 Å². The number of carbonyl (C=O) groups is 1. The summed E-state index contributed by atoms with van der Waals surface area (Å²) in [6.45, 7) is 7.09. The van der Waals surface area contributed by atoms with Crippen LogP contribution in [0, 0.1) is 11.3 Å². The molecule has 0 saturated carbocycles. The number of ether oxygens (including phenoxy) is 2. The summed E-state index contributed by atoms with van der Waals surface area (Å²) in [7, 11) is 0. The highest BCUT2D eigenvalue weighted by Crippen LogP contribution is 2.36. The number of H-pyrrole nitrogens is 1. The summed E-state index contributed by atoms with van der Waals surface area (Å²) < 4.78 is 12.0.